The van der Waals surface area contributed by atoms with Crippen molar-refractivity contribution in [3.63, 3.8) is 0 Å². The molecule has 0 aromatic carbocycles. The molecule has 1 heterocycles. The van der Waals surface area contributed by atoms with E-state index in [4.69, 9.17) is 5.11 Å². The molecule has 0 atom stereocenters. The van der Waals surface area contributed by atoms with Gasteiger partial charge in [0.25, 0.3) is 0 Å². The first-order valence-corrected chi connectivity index (χ1v) is 6.46. The van der Waals surface area contributed by atoms with Crippen molar-refractivity contribution in [3.8, 4) is 0 Å². The molecule has 15 heavy (non-hydrogen) atoms. The van der Waals surface area contributed by atoms with E-state index in [2.05, 4.69) is 15.9 Å². The van der Waals surface area contributed by atoms with Crippen molar-refractivity contribution < 1.29 is 9.90 Å². The maximum absolute atomic E-state index is 10.7. The Morgan fingerprint density at radius 1 is 1.60 bits per heavy atom. The van der Waals surface area contributed by atoms with Crippen LogP contribution in [0.25, 0.3) is 0 Å². The van der Waals surface area contributed by atoms with E-state index >= 15 is 0 Å². The zero-order valence-electron chi connectivity index (χ0n) is 8.15. The van der Waals surface area contributed by atoms with Gasteiger partial charge in [0.15, 0.2) is 0 Å². The highest BCUT2D eigenvalue weighted by atomic mass is 79.9. The molecule has 0 aliphatic heterocycles. The largest absolute Gasteiger partial charge is 0.480 e. The Hall–Kier alpha value is -0.390. The first-order valence-electron chi connectivity index (χ1n) is 4.85. The molecule has 3 nitrogen and oxygen atoms in total. The molecule has 1 fully saturated rings. The van der Waals surface area contributed by atoms with Crippen LogP contribution in [0.15, 0.2) is 15.9 Å². The average Bonchev–Trinajstić information content (AvgIpc) is 2.90. The van der Waals surface area contributed by atoms with E-state index in [0.29, 0.717) is 6.04 Å². The van der Waals surface area contributed by atoms with E-state index in [9.17, 15) is 4.79 Å². The van der Waals surface area contributed by atoms with Gasteiger partial charge in [-0.15, -0.1) is 11.3 Å². The van der Waals surface area contributed by atoms with E-state index in [0.717, 1.165) is 23.2 Å². The van der Waals surface area contributed by atoms with Crippen molar-refractivity contribution in [3.05, 3.63) is 20.8 Å². The van der Waals surface area contributed by atoms with Crippen molar-refractivity contribution in [2.75, 3.05) is 6.54 Å². The fourth-order valence-corrected chi connectivity index (χ4v) is 3.07. The van der Waals surface area contributed by atoms with Crippen LogP contribution in [-0.2, 0) is 11.3 Å². The predicted molar refractivity (Wildman–Crippen MR) is 63.1 cm³/mol. The second-order valence-electron chi connectivity index (χ2n) is 3.74. The fourth-order valence-electron chi connectivity index (χ4n) is 1.56. The third-order valence-corrected chi connectivity index (χ3v) is 4.00. The van der Waals surface area contributed by atoms with Gasteiger partial charge in [-0.05, 0) is 40.9 Å². The van der Waals surface area contributed by atoms with Gasteiger partial charge in [-0.2, -0.15) is 0 Å². The first-order chi connectivity index (χ1) is 7.15. The highest BCUT2D eigenvalue weighted by Gasteiger charge is 2.30. The van der Waals surface area contributed by atoms with Crippen molar-refractivity contribution in [1.29, 1.82) is 0 Å². The molecule has 0 unspecified atom stereocenters. The summed E-state index contributed by atoms with van der Waals surface area (Å²) >= 11 is 5.08. The van der Waals surface area contributed by atoms with Crippen molar-refractivity contribution in [2.24, 2.45) is 0 Å². The number of aliphatic carboxylic acids is 1. The third-order valence-electron chi connectivity index (χ3n) is 2.39. The van der Waals surface area contributed by atoms with Crippen LogP contribution in [0.5, 0.6) is 0 Å². The average molecular weight is 290 g/mol. The van der Waals surface area contributed by atoms with Gasteiger partial charge in [0, 0.05) is 17.5 Å². The molecule has 0 spiro atoms. The van der Waals surface area contributed by atoms with Crippen LogP contribution >= 0.6 is 27.3 Å². The Balaban J connectivity index is 1.96. The maximum Gasteiger partial charge on any atom is 0.317 e. The van der Waals surface area contributed by atoms with Gasteiger partial charge in [0.05, 0.1) is 10.3 Å². The minimum absolute atomic E-state index is 0.153. The Labute approximate surface area is 101 Å². The number of carbonyl (C=O) groups is 1. The minimum Gasteiger partial charge on any atom is -0.480 e. The van der Waals surface area contributed by atoms with Crippen molar-refractivity contribution in [1.82, 2.24) is 4.90 Å². The maximum atomic E-state index is 10.7. The Kier molecular flexibility index (Phi) is 3.43. The van der Waals surface area contributed by atoms with Crippen LogP contribution < -0.4 is 0 Å². The van der Waals surface area contributed by atoms with E-state index in [1.165, 1.54) is 4.88 Å². The lowest BCUT2D eigenvalue weighted by Gasteiger charge is -2.18. The van der Waals surface area contributed by atoms with Gasteiger partial charge < -0.3 is 5.11 Å². The summed E-state index contributed by atoms with van der Waals surface area (Å²) in [5.74, 6) is -0.738. The van der Waals surface area contributed by atoms with Crippen LogP contribution in [0, 0.1) is 0 Å². The van der Waals surface area contributed by atoms with Gasteiger partial charge in [-0.3, -0.25) is 9.69 Å². The number of nitrogens with zero attached hydrogens (tertiary/aromatic N) is 1. The molecule has 1 aromatic rings. The predicted octanol–water partition coefficient (Wildman–Crippen LogP) is 2.56. The highest BCUT2D eigenvalue weighted by molar-refractivity contribution is 9.11. The summed E-state index contributed by atoms with van der Waals surface area (Å²) in [6.07, 6.45) is 2.28. The number of carboxylic acid groups (broad SMARTS) is 1. The minimum atomic E-state index is -0.738. The molecule has 5 heteroatoms. The zero-order valence-corrected chi connectivity index (χ0v) is 10.6. The molecule has 0 bridgehead atoms. The van der Waals surface area contributed by atoms with E-state index in [-0.39, 0.29) is 6.54 Å². The van der Waals surface area contributed by atoms with Crippen molar-refractivity contribution in [2.45, 2.75) is 25.4 Å². The summed E-state index contributed by atoms with van der Waals surface area (Å²) in [4.78, 5) is 13.9. The molecule has 0 amide bonds. The standard InChI is InChI=1S/C10H12BrNO2S/c11-9-4-3-8(15-9)5-12(6-10(13)14)7-1-2-7/h3-4,7H,1-2,5-6H2,(H,13,14). The Bertz CT molecular complexity index is 362. The monoisotopic (exact) mass is 289 g/mol. The Morgan fingerprint density at radius 3 is 2.80 bits per heavy atom. The molecule has 1 saturated carbocycles. The van der Waals surface area contributed by atoms with Gasteiger partial charge in [-0.25, -0.2) is 0 Å². The number of hydrogen-bond donors (Lipinski definition) is 1. The lowest BCUT2D eigenvalue weighted by molar-refractivity contribution is -0.138. The first kappa shape index (κ1) is 11.1. The molecule has 1 aliphatic carbocycles. The van der Waals surface area contributed by atoms with E-state index in [1.807, 2.05) is 17.0 Å². The molecule has 1 aliphatic rings. The molecule has 0 radical (unpaired) electrons. The number of carboxylic acids is 1. The molecular weight excluding hydrogens is 278 g/mol. The lowest BCUT2D eigenvalue weighted by Crippen LogP contribution is -2.30. The van der Waals surface area contributed by atoms with Crippen molar-refractivity contribution >= 4 is 33.2 Å². The molecule has 2 rings (SSSR count). The third kappa shape index (κ3) is 3.29. The summed E-state index contributed by atoms with van der Waals surface area (Å²) < 4.78 is 1.10. The van der Waals surface area contributed by atoms with Crippen LogP contribution in [0.1, 0.15) is 17.7 Å². The number of thiophene rings is 1. The van der Waals surface area contributed by atoms with Crippen LogP contribution in [0.4, 0.5) is 0 Å². The number of rotatable bonds is 5. The molecule has 0 saturated heterocycles. The molecule has 82 valence electrons. The molecule has 1 N–H and O–H groups in total. The van der Waals surface area contributed by atoms with Gasteiger partial charge in [0.1, 0.15) is 0 Å². The van der Waals surface area contributed by atoms with E-state index < -0.39 is 5.97 Å². The lowest BCUT2D eigenvalue weighted by atomic mass is 10.4. The fraction of sp³-hybridized carbons (Fsp3) is 0.500. The SMILES string of the molecule is O=C(O)CN(Cc1ccc(Br)s1)C1CC1. The van der Waals surface area contributed by atoms with E-state index in [1.54, 1.807) is 11.3 Å². The van der Waals surface area contributed by atoms with Gasteiger partial charge in [0.2, 0.25) is 0 Å². The summed E-state index contributed by atoms with van der Waals surface area (Å²) in [5.41, 5.74) is 0. The van der Waals surface area contributed by atoms with Crippen LogP contribution in [0.2, 0.25) is 0 Å². The summed E-state index contributed by atoms with van der Waals surface area (Å²) in [7, 11) is 0. The summed E-state index contributed by atoms with van der Waals surface area (Å²) in [6.45, 7) is 0.910. The second kappa shape index (κ2) is 4.63. The second-order valence-corrected chi connectivity index (χ2v) is 6.28. The molecular formula is C10H12BrNO2S. The van der Waals surface area contributed by atoms with Gasteiger partial charge >= 0.3 is 5.97 Å². The van der Waals surface area contributed by atoms with Crippen LogP contribution in [-0.4, -0.2) is 28.6 Å². The normalized spacial score (nSPS) is 15.9. The van der Waals surface area contributed by atoms with Gasteiger partial charge in [-0.1, -0.05) is 0 Å². The number of hydrogen-bond acceptors (Lipinski definition) is 3. The number of halogens is 1. The molecule has 1 aromatic heterocycles. The smallest absolute Gasteiger partial charge is 0.317 e. The topological polar surface area (TPSA) is 40.5 Å². The van der Waals surface area contributed by atoms with Crippen LogP contribution in [0.3, 0.4) is 0 Å². The summed E-state index contributed by atoms with van der Waals surface area (Å²) in [6, 6.07) is 4.54. The zero-order chi connectivity index (χ0) is 10.8. The highest BCUT2D eigenvalue weighted by Crippen LogP contribution is 2.30. The quantitative estimate of drug-likeness (QED) is 0.906. The summed E-state index contributed by atoms with van der Waals surface area (Å²) in [5, 5.41) is 8.80. The Morgan fingerprint density at radius 2 is 2.33 bits per heavy atom.